The average Bonchev–Trinajstić information content (AvgIpc) is 3.61. The smallest absolute Gasteiger partial charge is 0.417 e. The number of aromatic nitrogens is 4. The van der Waals surface area contributed by atoms with Crippen LogP contribution in [-0.4, -0.2) is 72.0 Å². The number of nitrogens with one attached hydrogen (secondary N) is 2. The van der Waals surface area contributed by atoms with E-state index in [9.17, 15) is 29.4 Å². The van der Waals surface area contributed by atoms with E-state index in [0.717, 1.165) is 15.8 Å². The lowest BCUT2D eigenvalue weighted by atomic mass is 9.98. The molecule has 2 aromatic carbocycles. The Kier molecular flexibility index (Phi) is 7.51. The Labute approximate surface area is 234 Å². The van der Waals surface area contributed by atoms with E-state index in [1.54, 1.807) is 12.1 Å². The Morgan fingerprint density at radius 2 is 1.90 bits per heavy atom. The topological polar surface area (TPSA) is 172 Å². The van der Waals surface area contributed by atoms with E-state index in [2.05, 4.69) is 20.3 Å². The molecule has 1 aliphatic rings. The Hall–Kier alpha value is -5.07. The van der Waals surface area contributed by atoms with Crippen LogP contribution in [0.25, 0.3) is 28.0 Å². The molecule has 1 aliphatic heterocycles. The zero-order chi connectivity index (χ0) is 29.3. The van der Waals surface area contributed by atoms with E-state index in [0.29, 0.717) is 36.3 Å². The van der Waals surface area contributed by atoms with E-state index >= 15 is 0 Å². The number of carbonyl (C=O) groups excluding carboxylic acids is 3. The number of ether oxygens (including phenoxy) is 1. The van der Waals surface area contributed by atoms with Crippen molar-refractivity contribution in [1.82, 2.24) is 29.5 Å². The molecule has 3 amide bonds. The number of rotatable bonds is 10. The van der Waals surface area contributed by atoms with Gasteiger partial charge in [-0.2, -0.15) is 5.10 Å². The summed E-state index contributed by atoms with van der Waals surface area (Å²) < 4.78 is 7.99. The number of aromatic hydroxyl groups is 2. The minimum absolute atomic E-state index is 0.0178. The van der Waals surface area contributed by atoms with Crippen LogP contribution >= 0.6 is 0 Å². The van der Waals surface area contributed by atoms with Gasteiger partial charge < -0.3 is 24.8 Å². The number of amides is 3. The second-order valence-corrected chi connectivity index (χ2v) is 10.1. The normalized spacial score (nSPS) is 13.4. The SMILES string of the molecule is CC(C)c1cc(-c2n[nH]c(=O)n2-c2ccc3c(ccn3CCNC(=O)CCCN3C(=O)COC3=O)c2)c(O)cc1O. The predicted octanol–water partition coefficient (Wildman–Crippen LogP) is 2.59. The number of cyclic esters (lactones) is 1. The monoisotopic (exact) mass is 562 g/mol. The molecule has 0 radical (unpaired) electrons. The van der Waals surface area contributed by atoms with Gasteiger partial charge in [-0.3, -0.25) is 9.59 Å². The molecule has 3 heterocycles. The molecule has 5 rings (SSSR count). The molecule has 2 aromatic heterocycles. The second-order valence-electron chi connectivity index (χ2n) is 10.1. The third-order valence-corrected chi connectivity index (χ3v) is 6.99. The van der Waals surface area contributed by atoms with Crippen LogP contribution in [0.1, 0.15) is 38.2 Å². The van der Waals surface area contributed by atoms with Crippen molar-refractivity contribution >= 4 is 28.8 Å². The Balaban J connectivity index is 1.26. The molecule has 0 unspecified atom stereocenters. The molecule has 13 heteroatoms. The van der Waals surface area contributed by atoms with Crippen molar-refractivity contribution in [3.63, 3.8) is 0 Å². The van der Waals surface area contributed by atoms with Crippen molar-refractivity contribution in [2.45, 2.75) is 39.2 Å². The van der Waals surface area contributed by atoms with E-state index in [4.69, 9.17) is 0 Å². The first kappa shape index (κ1) is 27.5. The van der Waals surface area contributed by atoms with Gasteiger partial charge in [-0.25, -0.2) is 24.2 Å². The molecule has 13 nitrogen and oxygen atoms in total. The minimum atomic E-state index is -0.675. The van der Waals surface area contributed by atoms with Crippen molar-refractivity contribution in [3.05, 3.63) is 58.6 Å². The van der Waals surface area contributed by atoms with Gasteiger partial charge in [-0.15, -0.1) is 0 Å². The summed E-state index contributed by atoms with van der Waals surface area (Å²) >= 11 is 0. The van der Waals surface area contributed by atoms with Gasteiger partial charge in [0, 0.05) is 49.2 Å². The number of nitrogens with zero attached hydrogens (tertiary/aromatic N) is 4. The van der Waals surface area contributed by atoms with Crippen molar-refractivity contribution in [2.24, 2.45) is 0 Å². The maximum absolute atomic E-state index is 12.8. The molecule has 4 N–H and O–H groups in total. The molecule has 41 heavy (non-hydrogen) atoms. The Bertz CT molecular complexity index is 1680. The maximum Gasteiger partial charge on any atom is 0.417 e. The van der Waals surface area contributed by atoms with Crippen molar-refractivity contribution in [2.75, 3.05) is 19.7 Å². The fraction of sp³-hybridized carbons (Fsp3) is 0.321. The molecule has 0 atom stereocenters. The van der Waals surface area contributed by atoms with Crippen LogP contribution < -0.4 is 11.0 Å². The minimum Gasteiger partial charge on any atom is -0.508 e. The zero-order valence-electron chi connectivity index (χ0n) is 22.6. The molecule has 1 saturated heterocycles. The summed E-state index contributed by atoms with van der Waals surface area (Å²) in [7, 11) is 0. The first-order chi connectivity index (χ1) is 19.6. The van der Waals surface area contributed by atoms with Crippen molar-refractivity contribution < 1.29 is 29.3 Å². The molecule has 0 aliphatic carbocycles. The number of phenolic OH excluding ortho intramolecular Hbond substituents is 2. The highest BCUT2D eigenvalue weighted by Crippen LogP contribution is 2.37. The molecular weight excluding hydrogens is 532 g/mol. The van der Waals surface area contributed by atoms with Crippen LogP contribution in [0.2, 0.25) is 0 Å². The van der Waals surface area contributed by atoms with Gasteiger partial charge in [0.05, 0.1) is 11.3 Å². The summed E-state index contributed by atoms with van der Waals surface area (Å²) in [6.45, 7) is 4.59. The molecule has 0 saturated carbocycles. The number of hydrogen-bond donors (Lipinski definition) is 4. The quantitative estimate of drug-likeness (QED) is 0.228. The van der Waals surface area contributed by atoms with Gasteiger partial charge in [-0.05, 0) is 48.2 Å². The number of benzene rings is 2. The largest absolute Gasteiger partial charge is 0.508 e. The number of imide groups is 1. The number of fused-ring (bicyclic) bond motifs is 1. The lowest BCUT2D eigenvalue weighted by Gasteiger charge is -2.13. The average molecular weight is 563 g/mol. The zero-order valence-corrected chi connectivity index (χ0v) is 22.6. The summed E-state index contributed by atoms with van der Waals surface area (Å²) in [5.74, 6) is -0.625. The lowest BCUT2D eigenvalue weighted by molar-refractivity contribution is -0.126. The second kappa shape index (κ2) is 11.2. The summed E-state index contributed by atoms with van der Waals surface area (Å²) in [4.78, 5) is 49.0. The number of carbonyl (C=O) groups is 3. The van der Waals surface area contributed by atoms with Crippen LogP contribution in [0.5, 0.6) is 11.5 Å². The van der Waals surface area contributed by atoms with Crippen LogP contribution in [0, 0.1) is 0 Å². The van der Waals surface area contributed by atoms with Crippen LogP contribution in [-0.2, 0) is 20.9 Å². The van der Waals surface area contributed by atoms with Crippen LogP contribution in [0.3, 0.4) is 0 Å². The number of hydrogen-bond acceptors (Lipinski definition) is 8. The van der Waals surface area contributed by atoms with Gasteiger partial charge in [0.2, 0.25) is 5.91 Å². The van der Waals surface area contributed by atoms with Gasteiger partial charge in [0.25, 0.3) is 5.91 Å². The highest BCUT2D eigenvalue weighted by Gasteiger charge is 2.30. The summed E-state index contributed by atoms with van der Waals surface area (Å²) in [5.41, 5.74) is 1.88. The Morgan fingerprint density at radius 3 is 2.63 bits per heavy atom. The van der Waals surface area contributed by atoms with Gasteiger partial charge in [0.15, 0.2) is 12.4 Å². The number of phenols is 2. The van der Waals surface area contributed by atoms with E-state index in [1.807, 2.05) is 42.8 Å². The van der Waals surface area contributed by atoms with Crippen LogP contribution in [0.15, 0.2) is 47.4 Å². The highest BCUT2D eigenvalue weighted by atomic mass is 16.6. The Morgan fingerprint density at radius 1 is 1.10 bits per heavy atom. The third kappa shape index (κ3) is 5.51. The van der Waals surface area contributed by atoms with E-state index in [1.165, 1.54) is 10.6 Å². The van der Waals surface area contributed by atoms with Gasteiger partial charge in [0.1, 0.15) is 11.5 Å². The first-order valence-electron chi connectivity index (χ1n) is 13.2. The summed E-state index contributed by atoms with van der Waals surface area (Å²) in [6.07, 6.45) is 1.72. The van der Waals surface area contributed by atoms with Crippen LogP contribution in [0.4, 0.5) is 4.79 Å². The molecular formula is C28H30N6O7. The molecule has 4 aromatic rings. The van der Waals surface area contributed by atoms with E-state index in [-0.39, 0.29) is 48.7 Å². The third-order valence-electron chi connectivity index (χ3n) is 6.99. The fourth-order valence-corrected chi connectivity index (χ4v) is 4.87. The summed E-state index contributed by atoms with van der Waals surface area (Å²) in [6, 6.07) is 10.2. The highest BCUT2D eigenvalue weighted by molar-refractivity contribution is 5.97. The first-order valence-corrected chi connectivity index (χ1v) is 13.2. The van der Waals surface area contributed by atoms with Gasteiger partial charge in [-0.1, -0.05) is 13.8 Å². The van der Waals surface area contributed by atoms with Crippen molar-refractivity contribution in [3.8, 4) is 28.6 Å². The number of aromatic amines is 1. The lowest BCUT2D eigenvalue weighted by Crippen LogP contribution is -2.32. The molecule has 0 bridgehead atoms. The molecule has 1 fully saturated rings. The van der Waals surface area contributed by atoms with Crippen molar-refractivity contribution in [1.29, 1.82) is 0 Å². The molecule has 214 valence electrons. The molecule has 0 spiro atoms. The number of H-pyrrole nitrogens is 1. The van der Waals surface area contributed by atoms with E-state index < -0.39 is 17.7 Å². The maximum atomic E-state index is 12.8. The standard InChI is InChI=1S/C28H30N6O7/c1-16(2)19-13-20(23(36)14-22(19)35)26-30-31-27(39)34(26)18-5-6-21-17(12-18)7-10-32(21)11-8-29-24(37)4-3-9-33-25(38)15-41-28(33)40/h5-7,10,12-14,16,35-36H,3-4,8-9,11,15H2,1-2H3,(H,29,37)(H,31,39). The van der Waals surface area contributed by atoms with Gasteiger partial charge >= 0.3 is 11.8 Å². The fourth-order valence-electron chi connectivity index (χ4n) is 4.87. The predicted molar refractivity (Wildman–Crippen MR) is 148 cm³/mol. The summed E-state index contributed by atoms with van der Waals surface area (Å²) in [5, 5.41) is 31.1.